The van der Waals surface area contributed by atoms with Crippen molar-refractivity contribution < 1.29 is 13.3 Å². The molecule has 0 rings (SSSR count). The molecule has 110 valence electrons. The highest BCUT2D eigenvalue weighted by Gasteiger charge is 2.47. The van der Waals surface area contributed by atoms with E-state index in [4.69, 9.17) is 25.9 Å². The van der Waals surface area contributed by atoms with Crippen LogP contribution in [0.2, 0.25) is 0 Å². The van der Waals surface area contributed by atoms with Gasteiger partial charge in [-0.25, -0.2) is 0 Å². The zero-order valence-corrected chi connectivity index (χ0v) is 14.7. The first kappa shape index (κ1) is 18.4. The van der Waals surface area contributed by atoms with Crippen LogP contribution in [0.15, 0.2) is 0 Å². The smallest absolute Gasteiger partial charge is 0.373 e. The van der Waals surface area contributed by atoms with E-state index in [1.165, 1.54) is 0 Å². The van der Waals surface area contributed by atoms with Gasteiger partial charge in [-0.05, 0) is 39.0 Å². The van der Waals surface area contributed by atoms with Crippen molar-refractivity contribution in [3.05, 3.63) is 0 Å². The van der Waals surface area contributed by atoms with E-state index in [2.05, 4.69) is 20.8 Å². The molecule has 0 heterocycles. The zero-order chi connectivity index (χ0) is 14.2. The maximum Gasteiger partial charge on any atom is 0.514 e. The molecule has 0 N–H and O–H groups in total. The van der Waals surface area contributed by atoms with E-state index in [1.54, 1.807) is 0 Å². The fourth-order valence-electron chi connectivity index (χ4n) is 1.76. The van der Waals surface area contributed by atoms with Crippen molar-refractivity contribution in [2.24, 2.45) is 5.41 Å². The maximum absolute atomic E-state index is 5.86. The fourth-order valence-corrected chi connectivity index (χ4v) is 5.10. The van der Waals surface area contributed by atoms with Crippen LogP contribution in [-0.2, 0) is 13.3 Å². The largest absolute Gasteiger partial charge is 0.514 e. The second-order valence-corrected chi connectivity index (χ2v) is 9.40. The average Bonchev–Trinajstić information content (AvgIpc) is 2.25. The topological polar surface area (TPSA) is 27.7 Å². The minimum Gasteiger partial charge on any atom is -0.373 e. The zero-order valence-electron chi connectivity index (χ0n) is 12.8. The van der Waals surface area contributed by atoms with Gasteiger partial charge in [0, 0.05) is 19.8 Å². The number of hydrogen-bond acceptors (Lipinski definition) is 4. The van der Waals surface area contributed by atoms with E-state index >= 15 is 0 Å². The van der Waals surface area contributed by atoms with E-state index in [1.807, 2.05) is 20.8 Å². The summed E-state index contributed by atoms with van der Waals surface area (Å²) < 4.78 is 17.6. The Morgan fingerprint density at radius 1 is 0.944 bits per heavy atom. The van der Waals surface area contributed by atoms with Crippen LogP contribution in [0.25, 0.3) is 0 Å². The summed E-state index contributed by atoms with van der Waals surface area (Å²) >= 11 is 4.71. The summed E-state index contributed by atoms with van der Waals surface area (Å²) in [5.74, 6) is 0. The van der Waals surface area contributed by atoms with Crippen LogP contribution in [0.4, 0.5) is 0 Å². The Hall–Kier alpha value is 0.447. The van der Waals surface area contributed by atoms with E-state index in [-0.39, 0.29) is 4.87 Å². The lowest BCUT2D eigenvalue weighted by atomic mass is 9.91. The first-order valence-corrected chi connectivity index (χ1v) is 9.23. The summed E-state index contributed by atoms with van der Waals surface area (Å²) in [5, 5.41) is 0. The quantitative estimate of drug-likeness (QED) is 0.519. The average molecular weight is 295 g/mol. The molecule has 0 aromatic rings. The molecular weight excluding hydrogens is 264 g/mol. The molecule has 0 saturated carbocycles. The van der Waals surface area contributed by atoms with E-state index in [0.717, 1.165) is 12.8 Å². The van der Waals surface area contributed by atoms with Crippen LogP contribution in [0.5, 0.6) is 0 Å². The minimum absolute atomic E-state index is 0.0524. The van der Waals surface area contributed by atoms with Gasteiger partial charge in [-0.15, -0.1) is 0 Å². The third-order valence-electron chi connectivity index (χ3n) is 2.61. The summed E-state index contributed by atoms with van der Waals surface area (Å²) in [5.41, 5.74) is 0.297. The number of rotatable bonds is 9. The van der Waals surface area contributed by atoms with Crippen molar-refractivity contribution in [1.82, 2.24) is 0 Å². The molecule has 0 aromatic carbocycles. The van der Waals surface area contributed by atoms with Gasteiger partial charge < -0.3 is 13.3 Å². The Balaban J connectivity index is 4.69. The molecule has 5 heteroatoms. The highest BCUT2D eigenvalue weighted by molar-refractivity contribution is 7.83. The Morgan fingerprint density at radius 2 is 1.33 bits per heavy atom. The summed E-state index contributed by atoms with van der Waals surface area (Å²) in [4.78, 5) is 0.0524. The highest BCUT2D eigenvalue weighted by atomic mass is 32.1. The Kier molecular flexibility index (Phi) is 8.80. The van der Waals surface area contributed by atoms with Crippen LogP contribution in [0.3, 0.4) is 0 Å². The van der Waals surface area contributed by atoms with Crippen LogP contribution in [0, 0.1) is 5.41 Å². The van der Waals surface area contributed by atoms with Gasteiger partial charge in [0.15, 0.2) is 0 Å². The molecule has 0 amide bonds. The summed E-state index contributed by atoms with van der Waals surface area (Å²) in [6.07, 6.45) is 2.04. The standard InChI is InChI=1S/C13H30O3SSi/c1-7-14-18(15-8-2,16-9-3)12(17)10-11-13(4,5)6/h12,17H,7-11H2,1-6H3. The monoisotopic (exact) mass is 294 g/mol. The molecule has 0 aliphatic rings. The first-order valence-electron chi connectivity index (χ1n) is 6.91. The van der Waals surface area contributed by atoms with Crippen LogP contribution < -0.4 is 0 Å². The summed E-state index contributed by atoms with van der Waals surface area (Å²) in [6, 6.07) is 0. The first-order chi connectivity index (χ1) is 8.31. The second-order valence-electron chi connectivity index (χ2n) is 5.52. The van der Waals surface area contributed by atoms with Crippen molar-refractivity contribution in [3.8, 4) is 0 Å². The summed E-state index contributed by atoms with van der Waals surface area (Å²) in [6.45, 7) is 14.5. The lowest BCUT2D eigenvalue weighted by Gasteiger charge is -2.34. The molecule has 0 saturated heterocycles. The SMILES string of the molecule is CCO[Si](OCC)(OCC)C(S)CCC(C)(C)C. The van der Waals surface area contributed by atoms with Crippen molar-refractivity contribution in [2.45, 2.75) is 59.3 Å². The van der Waals surface area contributed by atoms with Gasteiger partial charge in [-0.2, -0.15) is 12.6 Å². The molecule has 0 fully saturated rings. The van der Waals surface area contributed by atoms with Crippen molar-refractivity contribution >= 4 is 21.4 Å². The molecule has 0 aliphatic heterocycles. The van der Waals surface area contributed by atoms with E-state index < -0.39 is 8.80 Å². The molecule has 18 heavy (non-hydrogen) atoms. The van der Waals surface area contributed by atoms with Crippen LogP contribution >= 0.6 is 12.6 Å². The minimum atomic E-state index is -2.63. The van der Waals surface area contributed by atoms with Gasteiger partial charge in [0.25, 0.3) is 0 Å². The molecule has 0 radical (unpaired) electrons. The predicted molar refractivity (Wildman–Crippen MR) is 82.1 cm³/mol. The second kappa shape index (κ2) is 8.58. The summed E-state index contributed by atoms with van der Waals surface area (Å²) in [7, 11) is -2.63. The van der Waals surface area contributed by atoms with E-state index in [9.17, 15) is 0 Å². The van der Waals surface area contributed by atoms with Gasteiger partial charge in [-0.1, -0.05) is 20.8 Å². The molecule has 0 aromatic heterocycles. The number of hydrogen-bond donors (Lipinski definition) is 1. The third kappa shape index (κ3) is 6.57. The Bertz CT molecular complexity index is 202. The highest BCUT2D eigenvalue weighted by Crippen LogP contribution is 2.29. The molecule has 0 spiro atoms. The van der Waals surface area contributed by atoms with Crippen molar-refractivity contribution in [3.63, 3.8) is 0 Å². The molecular formula is C13H30O3SSi. The van der Waals surface area contributed by atoms with Gasteiger partial charge in [-0.3, -0.25) is 0 Å². The fraction of sp³-hybridized carbons (Fsp3) is 1.00. The Morgan fingerprint density at radius 3 is 1.61 bits per heavy atom. The lowest BCUT2D eigenvalue weighted by Crippen LogP contribution is -2.54. The van der Waals surface area contributed by atoms with Gasteiger partial charge >= 0.3 is 8.80 Å². The van der Waals surface area contributed by atoms with Gasteiger partial charge in [0.05, 0.1) is 4.87 Å². The molecule has 3 nitrogen and oxygen atoms in total. The maximum atomic E-state index is 5.86. The molecule has 0 aliphatic carbocycles. The normalized spacial score (nSPS) is 14.8. The van der Waals surface area contributed by atoms with Gasteiger partial charge in [0.1, 0.15) is 0 Å². The third-order valence-corrected chi connectivity index (χ3v) is 7.00. The van der Waals surface area contributed by atoms with E-state index in [0.29, 0.717) is 25.2 Å². The lowest BCUT2D eigenvalue weighted by molar-refractivity contribution is 0.0681. The number of thiol groups is 1. The Labute approximate surface area is 119 Å². The van der Waals surface area contributed by atoms with Crippen LogP contribution in [-0.4, -0.2) is 33.5 Å². The molecule has 1 unspecified atom stereocenters. The molecule has 1 atom stereocenters. The van der Waals surface area contributed by atoms with Crippen molar-refractivity contribution in [2.75, 3.05) is 19.8 Å². The molecule has 0 bridgehead atoms. The predicted octanol–water partition coefficient (Wildman–Crippen LogP) is 3.70. The van der Waals surface area contributed by atoms with Crippen molar-refractivity contribution in [1.29, 1.82) is 0 Å². The van der Waals surface area contributed by atoms with Crippen LogP contribution in [0.1, 0.15) is 54.4 Å². The van der Waals surface area contributed by atoms with Gasteiger partial charge in [0.2, 0.25) is 0 Å².